The highest BCUT2D eigenvalue weighted by Gasteiger charge is 2.59. The van der Waals surface area contributed by atoms with Crippen LogP contribution in [0.1, 0.15) is 176 Å². The topological polar surface area (TPSA) is 13.0 Å². The Hall–Kier alpha value is -9.32. The van der Waals surface area contributed by atoms with Crippen molar-refractivity contribution in [2.45, 2.75) is 180 Å². The fraction of sp³-hybridized carbons (Fsp3) is 0.298. The van der Waals surface area contributed by atoms with Gasteiger partial charge in [-0.1, -0.05) is 261 Å². The fourth-order valence-corrected chi connectivity index (χ4v) is 18.0. The zero-order valence-corrected chi connectivity index (χ0v) is 61.2. The van der Waals surface area contributed by atoms with Gasteiger partial charge >= 0.3 is 0 Å². The number of hydrogen-bond acceptors (Lipinski definition) is 4. The van der Waals surface area contributed by atoms with E-state index in [1.807, 2.05) is 0 Å². The van der Waals surface area contributed by atoms with E-state index in [0.29, 0.717) is 0 Å². The Morgan fingerprint density at radius 1 is 0.333 bits per heavy atom. The van der Waals surface area contributed by atoms with Gasteiger partial charge in [-0.05, 0) is 228 Å². The molecule has 496 valence electrons. The molecule has 2 aliphatic carbocycles. The Bertz CT molecular complexity index is 4890. The third kappa shape index (κ3) is 10.6. The van der Waals surface area contributed by atoms with Crippen LogP contribution in [0.3, 0.4) is 0 Å². The predicted octanol–water partition coefficient (Wildman–Crippen LogP) is 24.2. The lowest BCUT2D eigenvalue weighted by Crippen LogP contribution is -2.62. The molecule has 3 aliphatic heterocycles. The zero-order valence-electron chi connectivity index (χ0n) is 61.2. The van der Waals surface area contributed by atoms with Crippen molar-refractivity contribution < 1.29 is 0 Å². The van der Waals surface area contributed by atoms with Crippen LogP contribution in [0, 0.1) is 0 Å². The number of anilines is 11. The molecule has 0 bridgehead atoms. The van der Waals surface area contributed by atoms with E-state index in [9.17, 15) is 0 Å². The van der Waals surface area contributed by atoms with Gasteiger partial charge in [0.1, 0.15) is 0 Å². The van der Waals surface area contributed by atoms with Crippen molar-refractivity contribution >= 4 is 85.7 Å². The molecule has 2 unspecified atom stereocenters. The summed E-state index contributed by atoms with van der Waals surface area (Å²) in [5.74, 6) is 0. The maximum Gasteiger partial charge on any atom is 0.252 e. The van der Waals surface area contributed by atoms with E-state index >= 15 is 0 Å². The van der Waals surface area contributed by atoms with Crippen LogP contribution in [0.15, 0.2) is 243 Å². The van der Waals surface area contributed by atoms with E-state index in [2.05, 4.69) is 366 Å². The first kappa shape index (κ1) is 64.4. The lowest BCUT2D eigenvalue weighted by molar-refractivity contribution is 0.195. The van der Waals surface area contributed by atoms with Crippen molar-refractivity contribution in [3.63, 3.8) is 0 Å². The minimum Gasteiger partial charge on any atom is -0.334 e. The molecule has 0 aromatic heterocycles. The molecule has 1 saturated carbocycles. The molecular formula is C94H97BN4. The van der Waals surface area contributed by atoms with Crippen molar-refractivity contribution in [3.05, 3.63) is 276 Å². The van der Waals surface area contributed by atoms with E-state index in [1.54, 1.807) is 0 Å². The quantitative estimate of drug-likeness (QED) is 0.134. The largest absolute Gasteiger partial charge is 0.334 e. The summed E-state index contributed by atoms with van der Waals surface area (Å²) < 4.78 is 0. The van der Waals surface area contributed by atoms with Gasteiger partial charge in [0.05, 0.1) is 11.2 Å². The van der Waals surface area contributed by atoms with E-state index in [4.69, 9.17) is 0 Å². The molecular weight excluding hydrogens is 1200 g/mol. The molecule has 3 heterocycles. The normalized spacial score (nSPS) is 18.8. The van der Waals surface area contributed by atoms with Gasteiger partial charge in [0.2, 0.25) is 0 Å². The summed E-state index contributed by atoms with van der Waals surface area (Å²) in [5.41, 5.74) is 32.2. The molecule has 0 saturated heterocycles. The second-order valence-corrected chi connectivity index (χ2v) is 34.4. The molecule has 11 aromatic rings. The standard InChI is InChI=1S/C94H97BN4/c1-88(2,3)67-37-42-70(43-38-67)96(71-44-39-68(40-45-71)89(4,5)6)73-46-49-82-78(57-73)93(14)50-25-26-51-94(93,15)99(82)74-58-85-87-86(59-74)98(81-48-41-69(90(7,8)9)56-75(81)64-32-23-18-24-33-64)84-61-77-76(91(10,11)52-53-92(77,12)13)60-80(84)95(87)79-47-36-66(63-30-21-17-22-31-63)55-83(79)97(85)72-35-27-34-65(54-72)62-28-19-16-20-29-62/h16-24,27-49,54-61H,25-26,50-53H2,1-15H3. The number of nitrogens with zero attached hydrogens (tertiary/aromatic N) is 4. The highest BCUT2D eigenvalue weighted by molar-refractivity contribution is 7.00. The van der Waals surface area contributed by atoms with Gasteiger partial charge < -0.3 is 19.6 Å². The van der Waals surface area contributed by atoms with Crippen LogP contribution in [0.25, 0.3) is 33.4 Å². The predicted molar refractivity (Wildman–Crippen MR) is 426 cm³/mol. The summed E-state index contributed by atoms with van der Waals surface area (Å²) in [5, 5.41) is 0. The van der Waals surface area contributed by atoms with Crippen LogP contribution in [0.2, 0.25) is 0 Å². The molecule has 5 aliphatic rings. The van der Waals surface area contributed by atoms with Crippen molar-refractivity contribution in [2.75, 3.05) is 19.6 Å². The number of hydrogen-bond donors (Lipinski definition) is 0. The molecule has 2 atom stereocenters. The maximum atomic E-state index is 2.86. The molecule has 11 aromatic carbocycles. The van der Waals surface area contributed by atoms with Crippen LogP contribution in [-0.2, 0) is 32.5 Å². The van der Waals surface area contributed by atoms with Gasteiger partial charge in [0, 0.05) is 67.9 Å². The zero-order chi connectivity index (χ0) is 68.9. The fourth-order valence-electron chi connectivity index (χ4n) is 18.0. The number of fused-ring (bicyclic) bond motifs is 8. The number of rotatable bonds is 9. The van der Waals surface area contributed by atoms with Gasteiger partial charge in [-0.15, -0.1) is 0 Å². The summed E-state index contributed by atoms with van der Waals surface area (Å²) in [6, 6.07) is 94.6. The minimum absolute atomic E-state index is 0.0254. The first-order chi connectivity index (χ1) is 47.2. The van der Waals surface area contributed by atoms with Crippen molar-refractivity contribution in [2.24, 2.45) is 0 Å². The monoisotopic (exact) mass is 1290 g/mol. The molecule has 0 N–H and O–H groups in total. The summed E-state index contributed by atoms with van der Waals surface area (Å²) in [6.45, 7) is 36.1. The SMILES string of the molecule is CC(C)(C)c1ccc(N(c2ccc(C(C)(C)C)cc2)c2ccc3c(c2)C2(C)CCCCC2(C)N3c2cc3c4c(c2)N(c2ccc(C(C)(C)C)cc2-c2ccccc2)c2cc5c(cc2B4c2ccc(-c4ccccc4)cc2N3c2cccc(-c3ccccc3)c2)C(C)(C)CCC5(C)C)cc1. The summed E-state index contributed by atoms with van der Waals surface area (Å²) in [7, 11) is 0. The van der Waals surface area contributed by atoms with Crippen molar-refractivity contribution in [1.82, 2.24) is 0 Å². The molecule has 99 heavy (non-hydrogen) atoms. The Balaban J connectivity index is 1.01. The smallest absolute Gasteiger partial charge is 0.252 e. The van der Waals surface area contributed by atoms with Gasteiger partial charge in [-0.25, -0.2) is 0 Å². The van der Waals surface area contributed by atoms with Gasteiger partial charge in [-0.3, -0.25) is 0 Å². The van der Waals surface area contributed by atoms with E-state index in [1.165, 1.54) is 135 Å². The lowest BCUT2D eigenvalue weighted by atomic mass is 9.33. The Labute approximate surface area is 591 Å². The lowest BCUT2D eigenvalue weighted by Gasteiger charge is -2.51. The van der Waals surface area contributed by atoms with Crippen LogP contribution in [0.4, 0.5) is 62.6 Å². The average molecular weight is 1290 g/mol. The average Bonchev–Trinajstić information content (AvgIpc) is 1.68. The molecule has 0 spiro atoms. The second-order valence-electron chi connectivity index (χ2n) is 34.4. The van der Waals surface area contributed by atoms with Crippen molar-refractivity contribution in [3.8, 4) is 33.4 Å². The molecule has 16 rings (SSSR count). The third-order valence-electron chi connectivity index (χ3n) is 24.1. The van der Waals surface area contributed by atoms with Gasteiger partial charge in [0.15, 0.2) is 0 Å². The maximum absolute atomic E-state index is 2.86. The van der Waals surface area contributed by atoms with E-state index in [-0.39, 0.29) is 44.7 Å². The first-order valence-electron chi connectivity index (χ1n) is 36.7. The van der Waals surface area contributed by atoms with Crippen LogP contribution in [-0.4, -0.2) is 12.3 Å². The van der Waals surface area contributed by atoms with Gasteiger partial charge in [0.25, 0.3) is 6.71 Å². The minimum atomic E-state index is -0.305. The Morgan fingerprint density at radius 3 is 1.41 bits per heavy atom. The summed E-state index contributed by atoms with van der Waals surface area (Å²) in [6.07, 6.45) is 6.72. The Kier molecular flexibility index (Phi) is 15.0. The van der Waals surface area contributed by atoms with Crippen molar-refractivity contribution in [1.29, 1.82) is 0 Å². The molecule has 1 fully saturated rings. The van der Waals surface area contributed by atoms with Gasteiger partial charge in [-0.2, -0.15) is 0 Å². The second kappa shape index (κ2) is 23.1. The molecule has 4 nitrogen and oxygen atoms in total. The van der Waals surface area contributed by atoms with Crippen LogP contribution in [0.5, 0.6) is 0 Å². The Morgan fingerprint density at radius 2 is 0.828 bits per heavy atom. The highest BCUT2D eigenvalue weighted by atomic mass is 15.3. The first-order valence-corrected chi connectivity index (χ1v) is 36.7. The van der Waals surface area contributed by atoms with Crippen LogP contribution >= 0.6 is 0 Å². The van der Waals surface area contributed by atoms with E-state index < -0.39 is 0 Å². The molecule has 0 amide bonds. The molecule has 5 heteroatoms. The summed E-state index contributed by atoms with van der Waals surface area (Å²) >= 11 is 0. The summed E-state index contributed by atoms with van der Waals surface area (Å²) in [4.78, 5) is 10.8. The number of benzene rings is 11. The highest BCUT2D eigenvalue weighted by Crippen LogP contribution is 2.63. The van der Waals surface area contributed by atoms with E-state index in [0.717, 1.165) is 49.2 Å². The third-order valence-corrected chi connectivity index (χ3v) is 24.1. The molecule has 0 radical (unpaired) electrons. The van der Waals surface area contributed by atoms with Crippen LogP contribution < -0.4 is 36.0 Å².